The number of benzene rings is 2. The van der Waals surface area contributed by atoms with Crippen molar-refractivity contribution in [1.82, 2.24) is 9.71 Å². The Morgan fingerprint density at radius 3 is 2.55 bits per heavy atom. The summed E-state index contributed by atoms with van der Waals surface area (Å²) in [6.45, 7) is 0. The number of nitrogens with one attached hydrogen (secondary N) is 2. The molecular formula is C22H23BrClN3O3S. The largest absolute Gasteiger partial charge is 0.495 e. The first-order valence-corrected chi connectivity index (χ1v) is 12.7. The summed E-state index contributed by atoms with van der Waals surface area (Å²) in [5.41, 5.74) is 1.87. The predicted octanol–water partition coefficient (Wildman–Crippen LogP) is 5.36. The molecule has 0 atom stereocenters. The first-order chi connectivity index (χ1) is 14.9. The van der Waals surface area contributed by atoms with Gasteiger partial charge in [0.2, 0.25) is 10.0 Å². The van der Waals surface area contributed by atoms with Gasteiger partial charge in [0, 0.05) is 38.8 Å². The Hall–Kier alpha value is -1.87. The van der Waals surface area contributed by atoms with Gasteiger partial charge >= 0.3 is 0 Å². The third-order valence-corrected chi connectivity index (χ3v) is 7.80. The molecule has 31 heavy (non-hydrogen) atoms. The van der Waals surface area contributed by atoms with Crippen LogP contribution in [0.2, 0.25) is 5.02 Å². The van der Waals surface area contributed by atoms with Crippen LogP contribution in [0.25, 0.3) is 10.9 Å². The highest BCUT2D eigenvalue weighted by atomic mass is 79.9. The first kappa shape index (κ1) is 22.3. The number of anilines is 1. The fourth-order valence-corrected chi connectivity index (χ4v) is 6.14. The molecule has 3 aromatic rings. The fourth-order valence-electron chi connectivity index (χ4n) is 3.97. The second-order valence-corrected chi connectivity index (χ2v) is 10.7. The van der Waals surface area contributed by atoms with E-state index < -0.39 is 10.0 Å². The van der Waals surface area contributed by atoms with E-state index in [0.29, 0.717) is 15.2 Å². The molecule has 0 amide bonds. The van der Waals surface area contributed by atoms with Crippen molar-refractivity contribution in [3.8, 4) is 5.75 Å². The number of sulfonamides is 1. The monoisotopic (exact) mass is 523 g/mol. The highest BCUT2D eigenvalue weighted by molar-refractivity contribution is 9.10. The number of aromatic nitrogens is 1. The molecule has 0 bridgehead atoms. The van der Waals surface area contributed by atoms with Gasteiger partial charge in [0.1, 0.15) is 10.6 Å². The summed E-state index contributed by atoms with van der Waals surface area (Å²) in [6, 6.07) is 12.8. The molecule has 4 rings (SSSR count). The molecule has 0 saturated heterocycles. The smallest absolute Gasteiger partial charge is 0.244 e. The number of hydrogen-bond acceptors (Lipinski definition) is 5. The molecule has 1 aliphatic rings. The average Bonchev–Trinajstić information content (AvgIpc) is 2.75. The highest BCUT2D eigenvalue weighted by Crippen LogP contribution is 2.30. The molecule has 2 aromatic carbocycles. The average molecular weight is 525 g/mol. The van der Waals surface area contributed by atoms with Gasteiger partial charge in [-0.2, -0.15) is 0 Å². The highest BCUT2D eigenvalue weighted by Gasteiger charge is 2.28. The van der Waals surface area contributed by atoms with Gasteiger partial charge in [-0.15, -0.1) is 0 Å². The summed E-state index contributed by atoms with van der Waals surface area (Å²) >= 11 is 9.41. The van der Waals surface area contributed by atoms with Crippen LogP contribution < -0.4 is 14.8 Å². The van der Waals surface area contributed by atoms with Crippen molar-refractivity contribution in [2.24, 2.45) is 0 Å². The Morgan fingerprint density at radius 1 is 1.06 bits per heavy atom. The lowest BCUT2D eigenvalue weighted by Crippen LogP contribution is -2.40. The normalized spacial score (nSPS) is 19.3. The van der Waals surface area contributed by atoms with Crippen molar-refractivity contribution in [3.63, 3.8) is 0 Å². The Morgan fingerprint density at radius 2 is 1.81 bits per heavy atom. The van der Waals surface area contributed by atoms with E-state index in [1.807, 2.05) is 24.3 Å². The van der Waals surface area contributed by atoms with E-state index in [1.165, 1.54) is 7.11 Å². The van der Waals surface area contributed by atoms with E-state index in [-0.39, 0.29) is 17.0 Å². The number of nitrogens with zero attached hydrogens (tertiary/aromatic N) is 1. The van der Waals surface area contributed by atoms with Crippen LogP contribution in [0, 0.1) is 0 Å². The van der Waals surface area contributed by atoms with Gasteiger partial charge in [-0.25, -0.2) is 13.1 Å². The van der Waals surface area contributed by atoms with Crippen molar-refractivity contribution in [3.05, 3.63) is 58.2 Å². The van der Waals surface area contributed by atoms with Gasteiger partial charge in [-0.1, -0.05) is 27.5 Å². The van der Waals surface area contributed by atoms with Gasteiger partial charge in [-0.3, -0.25) is 4.98 Å². The summed E-state index contributed by atoms with van der Waals surface area (Å²) in [5, 5.41) is 5.28. The van der Waals surface area contributed by atoms with E-state index in [2.05, 4.69) is 31.0 Å². The summed E-state index contributed by atoms with van der Waals surface area (Å²) in [7, 11) is -2.21. The van der Waals surface area contributed by atoms with Crippen LogP contribution in [-0.2, 0) is 10.0 Å². The molecule has 1 aromatic heterocycles. The van der Waals surface area contributed by atoms with E-state index in [1.54, 1.807) is 24.4 Å². The molecule has 1 fully saturated rings. The Kier molecular flexibility index (Phi) is 6.71. The van der Waals surface area contributed by atoms with Gasteiger partial charge < -0.3 is 10.1 Å². The van der Waals surface area contributed by atoms with Crippen molar-refractivity contribution < 1.29 is 13.2 Å². The molecule has 0 spiro atoms. The van der Waals surface area contributed by atoms with Crippen LogP contribution in [0.15, 0.2) is 58.0 Å². The Bertz CT molecular complexity index is 1200. The number of halogens is 2. The van der Waals surface area contributed by atoms with Crippen LogP contribution in [0.3, 0.4) is 0 Å². The molecule has 1 aliphatic carbocycles. The molecule has 0 radical (unpaired) electrons. The minimum atomic E-state index is -3.68. The van der Waals surface area contributed by atoms with Crippen LogP contribution in [0.4, 0.5) is 5.69 Å². The summed E-state index contributed by atoms with van der Waals surface area (Å²) in [6.07, 6.45) is 5.00. The van der Waals surface area contributed by atoms with Gasteiger partial charge in [0.05, 0.1) is 12.6 Å². The zero-order valence-electron chi connectivity index (χ0n) is 16.9. The van der Waals surface area contributed by atoms with Gasteiger partial charge in [0.15, 0.2) is 0 Å². The van der Waals surface area contributed by atoms with Crippen molar-refractivity contribution in [1.29, 1.82) is 0 Å². The Balaban J connectivity index is 1.41. The maximum Gasteiger partial charge on any atom is 0.244 e. The molecular weight excluding hydrogens is 502 g/mol. The number of ether oxygens (including phenoxy) is 1. The molecule has 164 valence electrons. The SMILES string of the molecule is COc1ccc(Br)cc1S(=O)(=O)NC1CCC(Nc2ccnc3cc(Cl)ccc23)CC1. The molecule has 0 unspecified atom stereocenters. The second-order valence-electron chi connectivity index (χ2n) is 7.63. The van der Waals surface area contributed by atoms with E-state index in [9.17, 15) is 8.42 Å². The third kappa shape index (κ3) is 5.14. The maximum atomic E-state index is 12.9. The predicted molar refractivity (Wildman–Crippen MR) is 127 cm³/mol. The number of fused-ring (bicyclic) bond motifs is 1. The van der Waals surface area contributed by atoms with E-state index in [4.69, 9.17) is 16.3 Å². The number of methoxy groups -OCH3 is 1. The number of pyridine rings is 1. The van der Waals surface area contributed by atoms with Crippen LogP contribution >= 0.6 is 27.5 Å². The van der Waals surface area contributed by atoms with E-state index >= 15 is 0 Å². The van der Waals surface area contributed by atoms with Crippen LogP contribution in [-0.4, -0.2) is 32.6 Å². The van der Waals surface area contributed by atoms with Crippen LogP contribution in [0.1, 0.15) is 25.7 Å². The molecule has 2 N–H and O–H groups in total. The minimum absolute atomic E-state index is 0.111. The third-order valence-electron chi connectivity index (χ3n) is 5.53. The van der Waals surface area contributed by atoms with Gasteiger partial charge in [0.25, 0.3) is 0 Å². The molecule has 1 saturated carbocycles. The number of rotatable bonds is 6. The Labute approximate surface area is 195 Å². The van der Waals surface area contributed by atoms with Gasteiger partial charge in [-0.05, 0) is 68.1 Å². The summed E-state index contributed by atoms with van der Waals surface area (Å²) in [4.78, 5) is 4.53. The van der Waals surface area contributed by atoms with Crippen LogP contribution in [0.5, 0.6) is 5.75 Å². The first-order valence-electron chi connectivity index (χ1n) is 10.0. The standard InChI is InChI=1S/C22H23BrClN3O3S/c1-30-21-9-2-14(23)12-22(21)31(28,29)27-17-6-4-16(5-7-17)26-19-10-11-25-20-13-15(24)3-8-18(19)20/h2-3,8-13,16-17,27H,4-7H2,1H3,(H,25,26). The van der Waals surface area contributed by atoms with Crippen molar-refractivity contribution >= 4 is 54.1 Å². The lowest BCUT2D eigenvalue weighted by molar-refractivity contribution is 0.383. The maximum absolute atomic E-state index is 12.9. The molecule has 6 nitrogen and oxygen atoms in total. The minimum Gasteiger partial charge on any atom is -0.495 e. The fraction of sp³-hybridized carbons (Fsp3) is 0.318. The molecule has 9 heteroatoms. The molecule has 0 aliphatic heterocycles. The zero-order chi connectivity index (χ0) is 22.0. The summed E-state index contributed by atoms with van der Waals surface area (Å²) < 4.78 is 34.6. The molecule has 1 heterocycles. The summed E-state index contributed by atoms with van der Waals surface area (Å²) in [5.74, 6) is 0.329. The zero-order valence-corrected chi connectivity index (χ0v) is 20.1. The quantitative estimate of drug-likeness (QED) is 0.454. The lowest BCUT2D eigenvalue weighted by Gasteiger charge is -2.30. The lowest BCUT2D eigenvalue weighted by atomic mass is 9.91. The topological polar surface area (TPSA) is 80.3 Å². The van der Waals surface area contributed by atoms with Crippen molar-refractivity contribution in [2.45, 2.75) is 42.7 Å². The van der Waals surface area contributed by atoms with Crippen molar-refractivity contribution in [2.75, 3.05) is 12.4 Å². The number of hydrogen-bond donors (Lipinski definition) is 2. The van der Waals surface area contributed by atoms with E-state index in [0.717, 1.165) is 42.3 Å². The second kappa shape index (κ2) is 9.32.